The highest BCUT2D eigenvalue weighted by Gasteiger charge is 2.17. The van der Waals surface area contributed by atoms with Gasteiger partial charge in [-0.05, 0) is 18.2 Å². The number of alkyl halides is 1. The first-order valence-corrected chi connectivity index (χ1v) is 6.50. The average molecular weight is 351 g/mol. The summed E-state index contributed by atoms with van der Waals surface area (Å²) in [5.41, 5.74) is 0.310. The van der Waals surface area contributed by atoms with Crippen molar-refractivity contribution in [3.05, 3.63) is 28.2 Å². The lowest BCUT2D eigenvalue weighted by Crippen LogP contribution is -2.31. The molecule has 1 amide bonds. The van der Waals surface area contributed by atoms with Gasteiger partial charge >= 0.3 is 0 Å². The second-order valence-electron chi connectivity index (χ2n) is 3.63. The van der Waals surface area contributed by atoms with Gasteiger partial charge in [0.05, 0.1) is 5.56 Å². The molecule has 1 rings (SSSR count). The Bertz CT molecular complexity index is 394. The van der Waals surface area contributed by atoms with Crippen LogP contribution >= 0.6 is 31.9 Å². The van der Waals surface area contributed by atoms with Crippen molar-refractivity contribution in [3.63, 3.8) is 0 Å². The number of amides is 1. The summed E-state index contributed by atoms with van der Waals surface area (Å²) in [4.78, 5) is 13.8. The predicted octanol–water partition coefficient (Wildman–Crippen LogP) is 3.01. The Balaban J connectivity index is 2.91. The summed E-state index contributed by atoms with van der Waals surface area (Å²) in [6.07, 6.45) is 0. The minimum Gasteiger partial charge on any atom is -0.507 e. The van der Waals surface area contributed by atoms with Gasteiger partial charge in [0.2, 0.25) is 0 Å². The normalized spacial score (nSPS) is 12.2. The Morgan fingerprint density at radius 2 is 2.19 bits per heavy atom. The van der Waals surface area contributed by atoms with Gasteiger partial charge in [0, 0.05) is 22.9 Å². The van der Waals surface area contributed by atoms with E-state index in [4.69, 9.17) is 0 Å². The number of benzene rings is 1. The maximum atomic E-state index is 12.0. The predicted molar refractivity (Wildman–Crippen MR) is 71.2 cm³/mol. The number of phenolic OH excluding ortho intramolecular Hbond substituents is 1. The van der Waals surface area contributed by atoms with Gasteiger partial charge in [-0.1, -0.05) is 38.8 Å². The quantitative estimate of drug-likeness (QED) is 0.851. The van der Waals surface area contributed by atoms with Crippen LogP contribution < -0.4 is 0 Å². The molecule has 1 N–H and O–H groups in total. The van der Waals surface area contributed by atoms with E-state index in [0.29, 0.717) is 12.1 Å². The van der Waals surface area contributed by atoms with Gasteiger partial charge in [0.1, 0.15) is 5.75 Å². The first-order valence-electron chi connectivity index (χ1n) is 4.80. The van der Waals surface area contributed by atoms with Crippen LogP contribution in [0.1, 0.15) is 17.3 Å². The molecule has 16 heavy (non-hydrogen) atoms. The van der Waals surface area contributed by atoms with Gasteiger partial charge in [0.15, 0.2) is 0 Å². The molecule has 3 nitrogen and oxygen atoms in total. The molecule has 1 aromatic carbocycles. The van der Waals surface area contributed by atoms with Crippen molar-refractivity contribution in [2.75, 3.05) is 13.6 Å². The summed E-state index contributed by atoms with van der Waals surface area (Å²) in [5, 5.41) is 9.61. The lowest BCUT2D eigenvalue weighted by atomic mass is 10.2. The Morgan fingerprint density at radius 1 is 1.56 bits per heavy atom. The first kappa shape index (κ1) is 13.5. The van der Waals surface area contributed by atoms with Crippen LogP contribution in [0.5, 0.6) is 5.75 Å². The van der Waals surface area contributed by atoms with E-state index in [2.05, 4.69) is 31.9 Å². The Kier molecular flexibility index (Phi) is 4.80. The molecule has 0 saturated carbocycles. The lowest BCUT2D eigenvalue weighted by molar-refractivity contribution is 0.0794. The molecule has 1 aromatic rings. The van der Waals surface area contributed by atoms with Gasteiger partial charge < -0.3 is 10.0 Å². The molecular formula is C11H13Br2NO2. The van der Waals surface area contributed by atoms with E-state index in [-0.39, 0.29) is 16.5 Å². The second kappa shape index (κ2) is 5.68. The van der Waals surface area contributed by atoms with Gasteiger partial charge in [0.25, 0.3) is 5.91 Å². The zero-order valence-corrected chi connectivity index (χ0v) is 12.2. The zero-order valence-electron chi connectivity index (χ0n) is 9.08. The molecule has 5 heteroatoms. The number of hydrogen-bond donors (Lipinski definition) is 1. The van der Waals surface area contributed by atoms with Gasteiger partial charge in [-0.3, -0.25) is 4.79 Å². The Hall–Kier alpha value is -0.550. The van der Waals surface area contributed by atoms with E-state index in [1.54, 1.807) is 24.1 Å². The van der Waals surface area contributed by atoms with Crippen LogP contribution in [0.4, 0.5) is 0 Å². The van der Waals surface area contributed by atoms with Crippen molar-refractivity contribution in [1.29, 1.82) is 0 Å². The summed E-state index contributed by atoms with van der Waals surface area (Å²) >= 11 is 6.66. The van der Waals surface area contributed by atoms with Gasteiger partial charge in [-0.25, -0.2) is 0 Å². The standard InChI is InChI=1S/C11H13Br2NO2/c1-7(12)6-14(2)11(16)9-5-8(13)3-4-10(9)15/h3-5,7,15H,6H2,1-2H3. The molecular weight excluding hydrogens is 338 g/mol. The van der Waals surface area contributed by atoms with Crippen LogP contribution in [-0.2, 0) is 0 Å². The lowest BCUT2D eigenvalue weighted by Gasteiger charge is -2.19. The third-order valence-electron chi connectivity index (χ3n) is 2.06. The third-order valence-corrected chi connectivity index (χ3v) is 2.84. The van der Waals surface area contributed by atoms with Crippen molar-refractivity contribution < 1.29 is 9.90 Å². The monoisotopic (exact) mass is 349 g/mol. The maximum absolute atomic E-state index is 12.0. The highest BCUT2D eigenvalue weighted by Crippen LogP contribution is 2.23. The average Bonchev–Trinajstić information content (AvgIpc) is 2.19. The molecule has 0 spiro atoms. The summed E-state index contributed by atoms with van der Waals surface area (Å²) in [7, 11) is 1.71. The van der Waals surface area contributed by atoms with E-state index in [0.717, 1.165) is 4.47 Å². The van der Waals surface area contributed by atoms with Crippen LogP contribution in [0.2, 0.25) is 0 Å². The van der Waals surface area contributed by atoms with Crippen molar-refractivity contribution >= 4 is 37.8 Å². The molecule has 0 saturated heterocycles. The number of rotatable bonds is 3. The molecule has 0 aliphatic rings. The maximum Gasteiger partial charge on any atom is 0.257 e. The zero-order chi connectivity index (χ0) is 12.3. The molecule has 0 aliphatic heterocycles. The van der Waals surface area contributed by atoms with Crippen LogP contribution in [0.15, 0.2) is 22.7 Å². The van der Waals surface area contributed by atoms with Crippen molar-refractivity contribution in [2.45, 2.75) is 11.8 Å². The molecule has 0 aromatic heterocycles. The molecule has 1 unspecified atom stereocenters. The Morgan fingerprint density at radius 3 is 2.75 bits per heavy atom. The molecule has 1 atom stereocenters. The molecule has 0 heterocycles. The number of halogens is 2. The van der Waals surface area contributed by atoms with Crippen LogP contribution in [-0.4, -0.2) is 34.3 Å². The SMILES string of the molecule is CC(Br)CN(C)C(=O)c1cc(Br)ccc1O. The van der Waals surface area contributed by atoms with Crippen molar-refractivity contribution in [1.82, 2.24) is 4.90 Å². The number of hydrogen-bond acceptors (Lipinski definition) is 2. The number of aromatic hydroxyl groups is 1. The van der Waals surface area contributed by atoms with Crippen LogP contribution in [0, 0.1) is 0 Å². The van der Waals surface area contributed by atoms with E-state index in [1.807, 2.05) is 6.92 Å². The molecule has 88 valence electrons. The van der Waals surface area contributed by atoms with E-state index in [9.17, 15) is 9.90 Å². The number of phenols is 1. The fourth-order valence-electron chi connectivity index (χ4n) is 1.35. The third kappa shape index (κ3) is 3.49. The molecule has 0 fully saturated rings. The van der Waals surface area contributed by atoms with Crippen molar-refractivity contribution in [3.8, 4) is 5.75 Å². The van der Waals surface area contributed by atoms with Gasteiger partial charge in [-0.2, -0.15) is 0 Å². The van der Waals surface area contributed by atoms with E-state index < -0.39 is 0 Å². The number of nitrogens with zero attached hydrogens (tertiary/aromatic N) is 1. The smallest absolute Gasteiger partial charge is 0.257 e. The molecule has 0 aliphatic carbocycles. The highest BCUT2D eigenvalue weighted by atomic mass is 79.9. The molecule has 0 radical (unpaired) electrons. The number of carbonyl (C=O) groups excluding carboxylic acids is 1. The highest BCUT2D eigenvalue weighted by molar-refractivity contribution is 9.10. The summed E-state index contributed by atoms with van der Waals surface area (Å²) in [5.74, 6) is -0.188. The molecule has 0 bridgehead atoms. The fraction of sp³-hybridized carbons (Fsp3) is 0.364. The first-order chi connectivity index (χ1) is 7.41. The Labute approximate surface area is 112 Å². The van der Waals surface area contributed by atoms with Crippen molar-refractivity contribution in [2.24, 2.45) is 0 Å². The minimum absolute atomic E-state index is 0.00211. The van der Waals surface area contributed by atoms with Gasteiger partial charge in [-0.15, -0.1) is 0 Å². The summed E-state index contributed by atoms with van der Waals surface area (Å²) < 4.78 is 0.772. The largest absolute Gasteiger partial charge is 0.507 e. The van der Waals surface area contributed by atoms with Crippen LogP contribution in [0.25, 0.3) is 0 Å². The van der Waals surface area contributed by atoms with Crippen LogP contribution in [0.3, 0.4) is 0 Å². The van der Waals surface area contributed by atoms with E-state index >= 15 is 0 Å². The topological polar surface area (TPSA) is 40.5 Å². The number of carbonyl (C=O) groups is 1. The fourth-order valence-corrected chi connectivity index (χ4v) is 2.14. The minimum atomic E-state index is -0.190. The summed E-state index contributed by atoms with van der Waals surface area (Å²) in [6.45, 7) is 2.55. The summed E-state index contributed by atoms with van der Waals surface area (Å²) in [6, 6.07) is 4.81. The van der Waals surface area contributed by atoms with E-state index in [1.165, 1.54) is 6.07 Å². The second-order valence-corrected chi connectivity index (χ2v) is 6.11.